The molecule has 0 spiro atoms. The van der Waals surface area contributed by atoms with E-state index in [1.165, 1.54) is 76.3 Å². The van der Waals surface area contributed by atoms with Crippen molar-refractivity contribution in [2.24, 2.45) is 0 Å². The number of hydrogen-bond acceptors (Lipinski definition) is 10. The van der Waals surface area contributed by atoms with E-state index in [1.54, 1.807) is 0 Å². The number of aryl methyl sites for hydroxylation is 2. The SMILES string of the molecule is CN1/C(=C/c2cccc3[n+]2CCCc2ccc4c(c2-3)-c2cccc(/C=C3\Sc5ccccc5N3C)[n+]2CCC4)Sc2ccccc21.O=S(=O)([O-])C(F)(F)F.O=S(=O)([O-])C(F)(F)F. The molecule has 0 saturated carbocycles. The van der Waals surface area contributed by atoms with Crippen LogP contribution in [0.15, 0.2) is 117 Å². The van der Waals surface area contributed by atoms with Crippen LogP contribution in [0.5, 0.6) is 0 Å². The fourth-order valence-corrected chi connectivity index (χ4v) is 9.79. The minimum absolute atomic E-state index is 1.01. The van der Waals surface area contributed by atoms with Gasteiger partial charge in [0.25, 0.3) is 0 Å². The highest BCUT2D eigenvalue weighted by Crippen LogP contribution is 2.47. The second-order valence-corrected chi connectivity index (χ2v) is 19.2. The zero-order chi connectivity index (χ0) is 44.8. The topological polar surface area (TPSA) is 129 Å². The van der Waals surface area contributed by atoms with Crippen molar-refractivity contribution in [3.8, 4) is 22.5 Å². The molecule has 0 saturated heterocycles. The van der Waals surface area contributed by atoms with Gasteiger partial charge >= 0.3 is 11.0 Å². The fraction of sp³-hybridized carbons (Fsp3) is 0.238. The number of pyridine rings is 2. The Morgan fingerprint density at radius 3 is 1.26 bits per heavy atom. The molecule has 4 aliphatic rings. The Morgan fingerprint density at radius 2 is 0.919 bits per heavy atom. The molecule has 9 rings (SSSR count). The van der Waals surface area contributed by atoms with E-state index in [0.717, 1.165) is 38.8 Å². The van der Waals surface area contributed by atoms with E-state index in [4.69, 9.17) is 25.9 Å². The number of nitrogens with zero attached hydrogens (tertiary/aromatic N) is 4. The molecule has 0 unspecified atom stereocenters. The number of para-hydroxylation sites is 2. The van der Waals surface area contributed by atoms with Crippen molar-refractivity contribution < 1.29 is 61.4 Å². The summed E-state index contributed by atoms with van der Waals surface area (Å²) < 4.78 is 123. The molecule has 5 aromatic rings. The number of halogens is 6. The van der Waals surface area contributed by atoms with Crippen molar-refractivity contribution >= 4 is 67.3 Å². The fourth-order valence-electron chi connectivity index (χ4n) is 7.59. The molecular weight excluding hydrogens is 899 g/mol. The summed E-state index contributed by atoms with van der Waals surface area (Å²) in [6, 6.07) is 36.1. The van der Waals surface area contributed by atoms with Crippen LogP contribution in [-0.2, 0) is 46.2 Å². The second-order valence-electron chi connectivity index (χ2n) is 14.3. The molecule has 0 radical (unpaired) electrons. The molecule has 2 aromatic heterocycles. The van der Waals surface area contributed by atoms with Gasteiger partial charge in [0.2, 0.25) is 22.8 Å². The van der Waals surface area contributed by atoms with Gasteiger partial charge in [0.15, 0.2) is 20.2 Å². The third-order valence-electron chi connectivity index (χ3n) is 10.4. The minimum Gasteiger partial charge on any atom is -0.741 e. The summed E-state index contributed by atoms with van der Waals surface area (Å²) in [5, 5.41) is 2.54. The number of anilines is 2. The average Bonchev–Trinajstić information content (AvgIpc) is 3.49. The Labute approximate surface area is 362 Å². The van der Waals surface area contributed by atoms with Gasteiger partial charge in [-0.05, 0) is 60.4 Å². The zero-order valence-corrected chi connectivity index (χ0v) is 36.0. The summed E-state index contributed by atoms with van der Waals surface area (Å²) in [6.07, 6.45) is 9.21. The van der Waals surface area contributed by atoms with Crippen LogP contribution in [0.3, 0.4) is 0 Å². The number of alkyl halides is 6. The highest BCUT2D eigenvalue weighted by atomic mass is 32.2. The Balaban J connectivity index is 0.000000309. The molecule has 0 amide bonds. The van der Waals surface area contributed by atoms with Crippen LogP contribution < -0.4 is 18.9 Å². The largest absolute Gasteiger partial charge is 0.741 e. The Bertz CT molecular complexity index is 2660. The van der Waals surface area contributed by atoms with Crippen molar-refractivity contribution in [3.05, 3.63) is 130 Å². The monoisotopic (exact) mass is 934 g/mol. The lowest BCUT2D eigenvalue weighted by Gasteiger charge is -2.15. The summed E-state index contributed by atoms with van der Waals surface area (Å²) in [4.78, 5) is 7.31. The maximum absolute atomic E-state index is 10.7. The predicted octanol–water partition coefficient (Wildman–Crippen LogP) is 8.67. The van der Waals surface area contributed by atoms with E-state index >= 15 is 0 Å². The lowest BCUT2D eigenvalue weighted by atomic mass is 9.88. The number of hydrogen-bond donors (Lipinski definition) is 0. The van der Waals surface area contributed by atoms with Gasteiger partial charge in [-0.25, -0.2) is 16.8 Å². The molecule has 10 nitrogen and oxygen atoms in total. The van der Waals surface area contributed by atoms with Gasteiger partial charge in [0.05, 0.1) is 32.6 Å². The molecule has 6 heterocycles. The Kier molecular flexibility index (Phi) is 12.7. The Morgan fingerprint density at radius 1 is 0.565 bits per heavy atom. The van der Waals surface area contributed by atoms with Crippen LogP contribution in [0, 0.1) is 0 Å². The van der Waals surface area contributed by atoms with E-state index < -0.39 is 31.3 Å². The second kappa shape index (κ2) is 17.4. The Hall–Kier alpha value is -4.86. The first-order valence-electron chi connectivity index (χ1n) is 18.8. The van der Waals surface area contributed by atoms with Gasteiger partial charge in [-0.15, -0.1) is 0 Å². The number of rotatable bonds is 2. The van der Waals surface area contributed by atoms with Crippen LogP contribution >= 0.6 is 23.5 Å². The number of fused-ring (bicyclic) bond motifs is 9. The van der Waals surface area contributed by atoms with Crippen molar-refractivity contribution in [2.75, 3.05) is 23.9 Å². The lowest BCUT2D eigenvalue weighted by molar-refractivity contribution is -0.689. The third-order valence-corrected chi connectivity index (χ3v) is 13.9. The molecule has 326 valence electrons. The van der Waals surface area contributed by atoms with Crippen molar-refractivity contribution in [1.82, 2.24) is 0 Å². The lowest BCUT2D eigenvalue weighted by Crippen LogP contribution is -2.40. The molecular formula is C42H36F6N4O6S4. The van der Waals surface area contributed by atoms with E-state index in [9.17, 15) is 26.3 Å². The van der Waals surface area contributed by atoms with E-state index in [2.05, 4.69) is 142 Å². The van der Waals surface area contributed by atoms with Crippen LogP contribution in [0.25, 0.3) is 34.7 Å². The molecule has 4 aliphatic heterocycles. The van der Waals surface area contributed by atoms with Gasteiger partial charge in [-0.3, -0.25) is 0 Å². The van der Waals surface area contributed by atoms with Crippen molar-refractivity contribution in [3.63, 3.8) is 0 Å². The summed E-state index contributed by atoms with van der Waals surface area (Å²) in [7, 11) is -7.80. The number of aromatic nitrogens is 2. The molecule has 0 N–H and O–H groups in total. The predicted molar refractivity (Wildman–Crippen MR) is 223 cm³/mol. The highest BCUT2D eigenvalue weighted by Gasteiger charge is 2.38. The first kappa shape index (κ1) is 45.2. The summed E-state index contributed by atoms with van der Waals surface area (Å²) >= 11 is 3.73. The normalized spacial score (nSPS) is 16.9. The smallest absolute Gasteiger partial charge is 0.485 e. The van der Waals surface area contributed by atoms with Crippen LogP contribution in [-0.4, -0.2) is 51.1 Å². The van der Waals surface area contributed by atoms with E-state index in [-0.39, 0.29) is 0 Å². The van der Waals surface area contributed by atoms with Crippen molar-refractivity contribution in [1.29, 1.82) is 0 Å². The van der Waals surface area contributed by atoms with Crippen LogP contribution in [0.1, 0.15) is 35.4 Å². The van der Waals surface area contributed by atoms with Crippen LogP contribution in [0.2, 0.25) is 0 Å². The standard InChI is InChI=1S/C40H36N4S2.2CHF3O3S/c1-41-31-15-3-5-19-35(31)45-37(41)25-29-13-7-17-33-39-27(11-9-23-43(29)33)21-22-28-12-10-24-44-30(14-8-18-34(44)40(28)39)26-38-42(2)32-16-4-6-20-36(32)46-38;2*2-1(3,4)8(5,6)7/h3-8,13-22,25-26H,9-12,23-24H2,1-2H3;2*(H,5,6,7)/q+2;;/p-2. The van der Waals surface area contributed by atoms with Gasteiger partial charge in [0.1, 0.15) is 13.1 Å². The minimum atomic E-state index is -6.09. The highest BCUT2D eigenvalue weighted by molar-refractivity contribution is 8.04. The number of thioether (sulfide) groups is 2. The zero-order valence-electron chi connectivity index (χ0n) is 32.8. The first-order valence-corrected chi connectivity index (χ1v) is 23.3. The maximum Gasteiger partial charge on any atom is 0.485 e. The summed E-state index contributed by atoms with van der Waals surface area (Å²) in [5.41, 5.74) is 2.26. The molecule has 3 aromatic carbocycles. The molecule has 62 heavy (non-hydrogen) atoms. The van der Waals surface area contributed by atoms with Gasteiger partial charge in [0, 0.05) is 73.1 Å². The van der Waals surface area contributed by atoms with Gasteiger partial charge in [-0.1, -0.05) is 59.9 Å². The summed E-state index contributed by atoms with van der Waals surface area (Å²) in [6.45, 7) is 2.02. The van der Waals surface area contributed by atoms with Gasteiger partial charge < -0.3 is 18.9 Å². The quantitative estimate of drug-likeness (QED) is 0.0735. The van der Waals surface area contributed by atoms with E-state index in [1.807, 2.05) is 23.5 Å². The average molecular weight is 935 g/mol. The molecule has 0 aliphatic carbocycles. The van der Waals surface area contributed by atoms with Crippen LogP contribution in [0.4, 0.5) is 37.7 Å². The van der Waals surface area contributed by atoms with E-state index in [0.29, 0.717) is 0 Å². The molecule has 0 bridgehead atoms. The number of benzene rings is 3. The van der Waals surface area contributed by atoms with Gasteiger partial charge in [-0.2, -0.15) is 35.5 Å². The molecule has 0 fully saturated rings. The maximum atomic E-state index is 10.7. The molecule has 20 heteroatoms. The summed E-state index contributed by atoms with van der Waals surface area (Å²) in [5.74, 6) is 0. The van der Waals surface area contributed by atoms with Crippen molar-refractivity contribution in [2.45, 2.75) is 59.6 Å². The first-order chi connectivity index (χ1) is 29.1. The molecule has 0 atom stereocenters. The third kappa shape index (κ3) is 9.26.